The van der Waals surface area contributed by atoms with Gasteiger partial charge in [0.2, 0.25) is 11.8 Å². The van der Waals surface area contributed by atoms with Crippen LogP contribution in [0.3, 0.4) is 0 Å². The number of aromatic nitrogens is 2. The van der Waals surface area contributed by atoms with Crippen molar-refractivity contribution in [1.82, 2.24) is 20.4 Å². The fourth-order valence-electron chi connectivity index (χ4n) is 1.76. The van der Waals surface area contributed by atoms with Gasteiger partial charge in [-0.15, -0.1) is 0 Å². The molecule has 0 saturated carbocycles. The Kier molecular flexibility index (Phi) is 5.50. The standard InChI is InChI=1S/C15H28N4O2/c1-8-19(9-11(20)17-15(5,6)7)10-12-16-13(18-21-12)14(2,3)4/h8-10H2,1-7H3,(H,17,20). The molecule has 0 unspecified atom stereocenters. The van der Waals surface area contributed by atoms with E-state index in [4.69, 9.17) is 4.52 Å². The molecular weight excluding hydrogens is 268 g/mol. The first-order valence-electron chi connectivity index (χ1n) is 7.37. The summed E-state index contributed by atoms with van der Waals surface area (Å²) in [5.41, 5.74) is -0.358. The van der Waals surface area contributed by atoms with Crippen LogP contribution in [0.4, 0.5) is 0 Å². The highest BCUT2D eigenvalue weighted by Crippen LogP contribution is 2.18. The topological polar surface area (TPSA) is 71.3 Å². The van der Waals surface area contributed by atoms with Crippen LogP contribution in [0.5, 0.6) is 0 Å². The molecule has 1 heterocycles. The summed E-state index contributed by atoms with van der Waals surface area (Å²) >= 11 is 0. The Balaban J connectivity index is 2.62. The molecule has 6 nitrogen and oxygen atoms in total. The molecule has 6 heteroatoms. The van der Waals surface area contributed by atoms with E-state index in [2.05, 4.69) is 15.5 Å². The van der Waals surface area contributed by atoms with Gasteiger partial charge in [0.05, 0.1) is 13.1 Å². The molecule has 1 N–H and O–H groups in total. The maximum Gasteiger partial charge on any atom is 0.240 e. The molecule has 0 aliphatic rings. The Bertz CT molecular complexity index is 469. The van der Waals surface area contributed by atoms with Crippen molar-refractivity contribution in [2.24, 2.45) is 0 Å². The number of carbonyl (C=O) groups excluding carboxylic acids is 1. The number of nitrogens with zero attached hydrogens (tertiary/aromatic N) is 3. The Labute approximate surface area is 127 Å². The molecular formula is C15H28N4O2. The molecule has 0 aliphatic heterocycles. The van der Waals surface area contributed by atoms with Crippen LogP contribution in [-0.2, 0) is 16.8 Å². The molecule has 1 rings (SSSR count). The molecule has 0 bridgehead atoms. The van der Waals surface area contributed by atoms with Crippen molar-refractivity contribution in [3.05, 3.63) is 11.7 Å². The van der Waals surface area contributed by atoms with Crippen molar-refractivity contribution in [3.8, 4) is 0 Å². The van der Waals surface area contributed by atoms with Crippen LogP contribution in [0.25, 0.3) is 0 Å². The second-order valence-electron chi connectivity index (χ2n) is 7.36. The first-order chi connectivity index (χ1) is 9.51. The van der Waals surface area contributed by atoms with Gasteiger partial charge in [0.1, 0.15) is 0 Å². The van der Waals surface area contributed by atoms with Gasteiger partial charge in [0.25, 0.3) is 0 Å². The predicted octanol–water partition coefficient (Wildman–Crippen LogP) is 2.10. The number of likely N-dealkylation sites (N-methyl/N-ethyl adjacent to an activating group) is 1. The molecule has 0 spiro atoms. The number of rotatable bonds is 5. The third kappa shape index (κ3) is 6.25. The van der Waals surface area contributed by atoms with Crippen LogP contribution >= 0.6 is 0 Å². The average molecular weight is 296 g/mol. The number of hydrogen-bond acceptors (Lipinski definition) is 5. The minimum absolute atomic E-state index is 0.0000832. The van der Waals surface area contributed by atoms with E-state index >= 15 is 0 Å². The predicted molar refractivity (Wildman–Crippen MR) is 81.8 cm³/mol. The van der Waals surface area contributed by atoms with Crippen LogP contribution < -0.4 is 5.32 Å². The Morgan fingerprint density at radius 3 is 2.29 bits per heavy atom. The van der Waals surface area contributed by atoms with E-state index in [1.54, 1.807) is 0 Å². The summed E-state index contributed by atoms with van der Waals surface area (Å²) in [7, 11) is 0. The molecule has 1 amide bonds. The number of nitrogens with one attached hydrogen (secondary N) is 1. The first-order valence-corrected chi connectivity index (χ1v) is 7.37. The zero-order chi connectivity index (χ0) is 16.3. The molecule has 1 aromatic heterocycles. The second kappa shape index (κ2) is 6.56. The van der Waals surface area contributed by atoms with Gasteiger partial charge in [-0.05, 0) is 27.3 Å². The molecule has 1 aromatic rings. The van der Waals surface area contributed by atoms with Gasteiger partial charge < -0.3 is 9.84 Å². The van der Waals surface area contributed by atoms with Gasteiger partial charge in [-0.3, -0.25) is 9.69 Å². The van der Waals surface area contributed by atoms with Crippen LogP contribution in [0, 0.1) is 0 Å². The van der Waals surface area contributed by atoms with Gasteiger partial charge in [0.15, 0.2) is 5.82 Å². The van der Waals surface area contributed by atoms with Crippen molar-refractivity contribution < 1.29 is 9.32 Å². The lowest BCUT2D eigenvalue weighted by atomic mass is 9.96. The van der Waals surface area contributed by atoms with Crippen LogP contribution in [0.1, 0.15) is 60.2 Å². The van der Waals surface area contributed by atoms with Gasteiger partial charge in [-0.1, -0.05) is 32.9 Å². The monoisotopic (exact) mass is 296 g/mol. The number of hydrogen-bond donors (Lipinski definition) is 1. The van der Waals surface area contributed by atoms with E-state index in [-0.39, 0.29) is 16.9 Å². The highest BCUT2D eigenvalue weighted by molar-refractivity contribution is 5.78. The van der Waals surface area contributed by atoms with Gasteiger partial charge in [-0.2, -0.15) is 4.98 Å². The number of amides is 1. The average Bonchev–Trinajstić information content (AvgIpc) is 2.73. The normalized spacial score (nSPS) is 12.8. The lowest BCUT2D eigenvalue weighted by Gasteiger charge is -2.24. The molecule has 0 radical (unpaired) electrons. The summed E-state index contributed by atoms with van der Waals surface area (Å²) < 4.78 is 5.27. The minimum Gasteiger partial charge on any atom is -0.350 e. The smallest absolute Gasteiger partial charge is 0.240 e. The van der Waals surface area contributed by atoms with Crippen molar-refractivity contribution >= 4 is 5.91 Å². The lowest BCUT2D eigenvalue weighted by Crippen LogP contribution is -2.45. The molecule has 0 atom stereocenters. The van der Waals surface area contributed by atoms with Gasteiger partial charge in [0, 0.05) is 11.0 Å². The SMILES string of the molecule is CCN(CC(=O)NC(C)(C)C)Cc1nc(C(C)(C)C)no1. The highest BCUT2D eigenvalue weighted by Gasteiger charge is 2.22. The fourth-order valence-corrected chi connectivity index (χ4v) is 1.76. The summed E-state index contributed by atoms with van der Waals surface area (Å²) in [6.45, 7) is 15.6. The van der Waals surface area contributed by atoms with Gasteiger partial charge in [-0.25, -0.2) is 0 Å². The third-order valence-corrected chi connectivity index (χ3v) is 2.83. The maximum atomic E-state index is 12.0. The lowest BCUT2D eigenvalue weighted by molar-refractivity contribution is -0.123. The summed E-state index contributed by atoms with van der Waals surface area (Å²) in [5.74, 6) is 1.23. The molecule has 0 saturated heterocycles. The Morgan fingerprint density at radius 2 is 1.86 bits per heavy atom. The van der Waals surface area contributed by atoms with Crippen molar-refractivity contribution in [3.63, 3.8) is 0 Å². The summed E-state index contributed by atoms with van der Waals surface area (Å²) in [6.07, 6.45) is 0. The fraction of sp³-hybridized carbons (Fsp3) is 0.800. The van der Waals surface area contributed by atoms with E-state index in [0.717, 1.165) is 6.54 Å². The van der Waals surface area contributed by atoms with Crippen molar-refractivity contribution in [1.29, 1.82) is 0 Å². The minimum atomic E-state index is -0.222. The van der Waals surface area contributed by atoms with E-state index in [1.807, 2.05) is 53.4 Å². The quantitative estimate of drug-likeness (QED) is 0.901. The van der Waals surface area contributed by atoms with E-state index in [1.165, 1.54) is 0 Å². The largest absolute Gasteiger partial charge is 0.350 e. The van der Waals surface area contributed by atoms with Crippen LogP contribution in [-0.4, -0.2) is 39.6 Å². The Morgan fingerprint density at radius 1 is 1.24 bits per heavy atom. The summed E-state index contributed by atoms with van der Waals surface area (Å²) in [5, 5.41) is 6.95. The molecule has 120 valence electrons. The highest BCUT2D eigenvalue weighted by atomic mass is 16.5. The first kappa shape index (κ1) is 17.6. The molecule has 0 aliphatic carbocycles. The molecule has 0 aromatic carbocycles. The van der Waals surface area contributed by atoms with Crippen molar-refractivity contribution in [2.45, 2.75) is 66.0 Å². The van der Waals surface area contributed by atoms with Crippen LogP contribution in [0.15, 0.2) is 4.52 Å². The summed E-state index contributed by atoms with van der Waals surface area (Å²) in [6, 6.07) is 0. The van der Waals surface area contributed by atoms with Gasteiger partial charge >= 0.3 is 0 Å². The second-order valence-corrected chi connectivity index (χ2v) is 7.36. The molecule has 0 fully saturated rings. The Hall–Kier alpha value is -1.43. The van der Waals surface area contributed by atoms with Crippen molar-refractivity contribution in [2.75, 3.05) is 13.1 Å². The van der Waals surface area contributed by atoms with Crippen LogP contribution in [0.2, 0.25) is 0 Å². The zero-order valence-electron chi connectivity index (χ0n) is 14.3. The maximum absolute atomic E-state index is 12.0. The van der Waals surface area contributed by atoms with E-state index < -0.39 is 0 Å². The summed E-state index contributed by atoms with van der Waals surface area (Å²) in [4.78, 5) is 18.3. The molecule has 21 heavy (non-hydrogen) atoms. The van der Waals surface area contributed by atoms with E-state index in [9.17, 15) is 4.79 Å². The third-order valence-electron chi connectivity index (χ3n) is 2.83. The van der Waals surface area contributed by atoms with E-state index in [0.29, 0.717) is 24.8 Å². The zero-order valence-corrected chi connectivity index (χ0v) is 14.3. The number of carbonyl (C=O) groups is 1.